The van der Waals surface area contributed by atoms with Crippen molar-refractivity contribution in [2.24, 2.45) is 0 Å². The van der Waals surface area contributed by atoms with Crippen molar-refractivity contribution in [3.63, 3.8) is 0 Å². The molecule has 6 aromatic heterocycles. The van der Waals surface area contributed by atoms with Gasteiger partial charge >= 0.3 is 0 Å². The molecule has 3 aliphatic heterocycles. The van der Waals surface area contributed by atoms with E-state index < -0.39 is 37.0 Å². The number of nitrogens with two attached hydrogens (primary N) is 3. The Kier molecular flexibility index (Phi) is 10.8. The van der Waals surface area contributed by atoms with Crippen molar-refractivity contribution in [3.8, 4) is 0 Å². The quantitative estimate of drug-likeness (QED) is 0.0982. The SMILES string of the molecule is Nc1ncnc2c1ccn2[C@@H]1O[C@H](CO)C[C@@H]1O.Nc1ncnc2c1ccn2[C@@H]1O[C@H](CO)C[C@H]1O.Nc1ncnc2c1ccn2[C@H]1O[C@@H](CO)C[C@@H]1O. The molecule has 9 atom stereocenters. The molecule has 0 spiro atoms. The second-order valence-corrected chi connectivity index (χ2v) is 13.1. The van der Waals surface area contributed by atoms with Gasteiger partial charge in [-0.3, -0.25) is 0 Å². The second kappa shape index (κ2) is 15.7. The Morgan fingerprint density at radius 2 is 0.778 bits per heavy atom. The number of nitrogens with zero attached hydrogens (tertiary/aromatic N) is 9. The van der Waals surface area contributed by atoms with Crippen LogP contribution < -0.4 is 17.2 Å². The summed E-state index contributed by atoms with van der Waals surface area (Å²) < 4.78 is 21.9. The topological polar surface area (TPSA) is 319 Å². The number of anilines is 3. The maximum absolute atomic E-state index is 9.96. The van der Waals surface area contributed by atoms with Crippen LogP contribution in [0.3, 0.4) is 0 Å². The first-order valence-electron chi connectivity index (χ1n) is 17.2. The highest BCUT2D eigenvalue weighted by molar-refractivity contribution is 5.87. The van der Waals surface area contributed by atoms with Crippen molar-refractivity contribution in [2.45, 2.75) is 74.6 Å². The molecule has 0 amide bonds. The number of hydrogen-bond donors (Lipinski definition) is 9. The van der Waals surface area contributed by atoms with E-state index in [4.69, 9.17) is 46.7 Å². The fraction of sp³-hybridized carbons (Fsp3) is 0.455. The first kappa shape index (κ1) is 37.2. The van der Waals surface area contributed by atoms with Crippen LogP contribution in [0.5, 0.6) is 0 Å². The number of rotatable bonds is 6. The van der Waals surface area contributed by atoms with Gasteiger partial charge in [-0.1, -0.05) is 0 Å². The van der Waals surface area contributed by atoms with E-state index in [9.17, 15) is 15.3 Å². The highest BCUT2D eigenvalue weighted by atomic mass is 16.6. The van der Waals surface area contributed by atoms with E-state index in [1.165, 1.54) is 19.0 Å². The number of aliphatic hydroxyl groups excluding tert-OH is 6. The van der Waals surface area contributed by atoms with E-state index in [-0.39, 0.29) is 38.1 Å². The maximum atomic E-state index is 9.96. The van der Waals surface area contributed by atoms with Gasteiger partial charge in [0, 0.05) is 37.9 Å². The Morgan fingerprint density at radius 3 is 1.02 bits per heavy atom. The van der Waals surface area contributed by atoms with Gasteiger partial charge in [-0.25, -0.2) is 29.9 Å². The molecule has 0 bridgehead atoms. The highest BCUT2D eigenvalue weighted by Gasteiger charge is 2.37. The largest absolute Gasteiger partial charge is 0.394 e. The van der Waals surface area contributed by atoms with E-state index >= 15 is 0 Å². The fourth-order valence-electron chi connectivity index (χ4n) is 6.88. The molecule has 0 radical (unpaired) electrons. The van der Waals surface area contributed by atoms with Crippen LogP contribution in [0.25, 0.3) is 33.1 Å². The summed E-state index contributed by atoms with van der Waals surface area (Å²) in [5, 5.41) is 59.2. The number of ether oxygens (including phenoxy) is 3. The lowest BCUT2D eigenvalue weighted by atomic mass is 10.2. The van der Waals surface area contributed by atoms with Gasteiger partial charge in [0.1, 0.15) is 71.7 Å². The van der Waals surface area contributed by atoms with Crippen LogP contribution in [0.4, 0.5) is 17.5 Å². The van der Waals surface area contributed by atoms with Gasteiger partial charge in [0.25, 0.3) is 0 Å². The van der Waals surface area contributed by atoms with Crippen LogP contribution in [-0.4, -0.2) is 131 Å². The zero-order valence-electron chi connectivity index (χ0n) is 28.8. The molecule has 6 aromatic rings. The molecule has 0 saturated carbocycles. The predicted octanol–water partition coefficient (Wildman–Crippen LogP) is -1.04. The van der Waals surface area contributed by atoms with E-state index in [2.05, 4.69) is 29.9 Å². The normalized spacial score (nSPS) is 28.0. The standard InChI is InChI=1S/3C11H14N4O3/c3*12-9-7-1-2-15(10(7)14-5-13-9)11-8(17)3-6(4-16)18-11/h3*1-2,5-6,8,11,16-17H,3-4H2,(H2,12,13,14)/t2*6-,8+,11+;6-,8-,11+/m100/s1. The van der Waals surface area contributed by atoms with Crippen LogP contribution in [0, 0.1) is 0 Å². The Labute approximate surface area is 306 Å². The molecule has 288 valence electrons. The predicted molar refractivity (Wildman–Crippen MR) is 191 cm³/mol. The molecule has 0 unspecified atom stereocenters. The molecule has 9 heterocycles. The third-order valence-corrected chi connectivity index (χ3v) is 9.55. The van der Waals surface area contributed by atoms with Gasteiger partial charge in [0.15, 0.2) is 18.7 Å². The Hall–Kier alpha value is -5.10. The monoisotopic (exact) mass is 750 g/mol. The summed E-state index contributed by atoms with van der Waals surface area (Å²) >= 11 is 0. The minimum Gasteiger partial charge on any atom is -0.394 e. The molecule has 54 heavy (non-hydrogen) atoms. The highest BCUT2D eigenvalue weighted by Crippen LogP contribution is 2.34. The van der Waals surface area contributed by atoms with Gasteiger partial charge in [0.2, 0.25) is 0 Å². The maximum Gasteiger partial charge on any atom is 0.161 e. The van der Waals surface area contributed by atoms with Crippen molar-refractivity contribution >= 4 is 50.6 Å². The number of aliphatic hydroxyl groups is 6. The van der Waals surface area contributed by atoms with Crippen molar-refractivity contribution in [1.29, 1.82) is 0 Å². The van der Waals surface area contributed by atoms with Gasteiger partial charge in [-0.15, -0.1) is 0 Å². The van der Waals surface area contributed by atoms with Crippen molar-refractivity contribution in [2.75, 3.05) is 37.0 Å². The molecule has 3 saturated heterocycles. The summed E-state index contributed by atoms with van der Waals surface area (Å²) in [6, 6.07) is 5.35. The molecular weight excluding hydrogens is 708 g/mol. The lowest BCUT2D eigenvalue weighted by Gasteiger charge is -2.17. The third-order valence-electron chi connectivity index (χ3n) is 9.55. The van der Waals surface area contributed by atoms with Crippen molar-refractivity contribution in [1.82, 2.24) is 43.6 Å². The summed E-state index contributed by atoms with van der Waals surface area (Å²) in [4.78, 5) is 24.2. The molecular formula is C33H42N12O9. The Morgan fingerprint density at radius 1 is 0.500 bits per heavy atom. The Bertz CT molecular complexity index is 1950. The van der Waals surface area contributed by atoms with Crippen LogP contribution >= 0.6 is 0 Å². The van der Waals surface area contributed by atoms with Crippen LogP contribution in [-0.2, 0) is 14.2 Å². The van der Waals surface area contributed by atoms with Crippen LogP contribution in [0.2, 0.25) is 0 Å². The average molecular weight is 751 g/mol. The second-order valence-electron chi connectivity index (χ2n) is 13.1. The number of fused-ring (bicyclic) bond motifs is 3. The molecule has 21 nitrogen and oxygen atoms in total. The van der Waals surface area contributed by atoms with Gasteiger partial charge in [0.05, 0.1) is 54.3 Å². The third kappa shape index (κ3) is 7.11. The lowest BCUT2D eigenvalue weighted by molar-refractivity contribution is -0.0484. The van der Waals surface area contributed by atoms with Gasteiger partial charge in [-0.2, -0.15) is 0 Å². The Balaban J connectivity index is 0.000000125. The van der Waals surface area contributed by atoms with Crippen LogP contribution in [0.1, 0.15) is 37.9 Å². The van der Waals surface area contributed by atoms with Gasteiger partial charge in [-0.05, 0) is 18.2 Å². The smallest absolute Gasteiger partial charge is 0.161 e. The van der Waals surface area contributed by atoms with E-state index in [1.54, 1.807) is 50.5 Å². The first-order chi connectivity index (χ1) is 26.1. The molecule has 3 aliphatic rings. The minimum atomic E-state index is -0.672. The summed E-state index contributed by atoms with van der Waals surface area (Å²) in [7, 11) is 0. The van der Waals surface area contributed by atoms with Gasteiger partial charge < -0.3 is 75.8 Å². The number of aromatic nitrogens is 9. The summed E-state index contributed by atoms with van der Waals surface area (Å²) in [5.41, 5.74) is 19.1. The number of nitrogen functional groups attached to an aromatic ring is 3. The molecule has 21 heteroatoms. The van der Waals surface area contributed by atoms with Crippen LogP contribution in [0.15, 0.2) is 55.8 Å². The molecule has 12 N–H and O–H groups in total. The molecule has 3 fully saturated rings. The summed E-state index contributed by atoms with van der Waals surface area (Å²) in [6.07, 6.45) is 5.90. The number of hydrogen-bond acceptors (Lipinski definition) is 18. The zero-order chi connectivity index (χ0) is 38.1. The van der Waals surface area contributed by atoms with E-state index in [1.807, 2.05) is 0 Å². The van der Waals surface area contributed by atoms with E-state index in [0.29, 0.717) is 53.7 Å². The van der Waals surface area contributed by atoms with Crippen molar-refractivity contribution < 1.29 is 44.8 Å². The minimum absolute atomic E-state index is 0.107. The molecule has 0 aliphatic carbocycles. The zero-order valence-corrected chi connectivity index (χ0v) is 28.8. The van der Waals surface area contributed by atoms with E-state index in [0.717, 1.165) is 16.2 Å². The molecule has 9 rings (SSSR count). The molecule has 0 aromatic carbocycles. The fourth-order valence-corrected chi connectivity index (χ4v) is 6.88. The first-order valence-corrected chi connectivity index (χ1v) is 17.2. The summed E-state index contributed by atoms with van der Waals surface area (Å²) in [6.45, 7) is -0.322. The lowest BCUT2D eigenvalue weighted by Crippen LogP contribution is -2.19. The summed E-state index contributed by atoms with van der Waals surface area (Å²) in [5.74, 6) is 1.18. The average Bonchev–Trinajstić information content (AvgIpc) is 4.02. The van der Waals surface area contributed by atoms with Crippen molar-refractivity contribution in [3.05, 3.63) is 55.8 Å².